The summed E-state index contributed by atoms with van der Waals surface area (Å²) >= 11 is 0. The van der Waals surface area contributed by atoms with Crippen molar-refractivity contribution in [3.8, 4) is 0 Å². The van der Waals surface area contributed by atoms with E-state index in [9.17, 15) is 0 Å². The average Bonchev–Trinajstić information content (AvgIpc) is 1.27. The van der Waals surface area contributed by atoms with E-state index in [4.69, 9.17) is 5.73 Å². The zero-order valence-corrected chi connectivity index (χ0v) is 5.07. The van der Waals surface area contributed by atoms with Gasteiger partial charge >= 0.3 is 0 Å². The van der Waals surface area contributed by atoms with Crippen molar-refractivity contribution in [2.75, 3.05) is 0 Å². The van der Waals surface area contributed by atoms with Gasteiger partial charge in [-0.3, -0.25) is 0 Å². The molecular weight excluding hydrogens is 86.1 g/mol. The molecule has 0 aromatic rings. The maximum Gasteiger partial charge on any atom is 0.00474 e. The number of nitrogens with two attached hydrogens (primary N) is 1. The van der Waals surface area contributed by atoms with E-state index in [1.807, 2.05) is 13.8 Å². The lowest BCUT2D eigenvalue weighted by atomic mass is 10.1. The number of rotatable bonds is 2. The van der Waals surface area contributed by atoms with E-state index < -0.39 is 0 Å². The number of hydrogen-bond acceptors (Lipinski definition) is 1. The summed E-state index contributed by atoms with van der Waals surface area (Å²) in [5.41, 5.74) is 6.59. The molecule has 1 heteroatoms. The van der Waals surface area contributed by atoms with E-state index in [0.29, 0.717) is 0 Å². The molecule has 0 spiro atoms. The van der Waals surface area contributed by atoms with E-state index >= 15 is 0 Å². The molecule has 1 unspecified atom stereocenters. The molecule has 0 aromatic carbocycles. The monoisotopic (exact) mass is 99.1 g/mol. The van der Waals surface area contributed by atoms with Crippen LogP contribution >= 0.6 is 0 Å². The van der Waals surface area contributed by atoms with Gasteiger partial charge in [0.15, 0.2) is 0 Å². The molecule has 0 aliphatic heterocycles. The van der Waals surface area contributed by atoms with Crippen molar-refractivity contribution >= 4 is 0 Å². The Kier molecular flexibility index (Phi) is 2.68. The van der Waals surface area contributed by atoms with E-state index in [1.54, 1.807) is 0 Å². The Bertz CT molecular complexity index is 64.6. The van der Waals surface area contributed by atoms with Crippen molar-refractivity contribution in [1.29, 1.82) is 0 Å². The molecule has 0 aromatic heterocycles. The molecule has 0 bridgehead atoms. The van der Waals surface area contributed by atoms with Crippen molar-refractivity contribution in [1.82, 2.24) is 0 Å². The second kappa shape index (κ2) is 2.80. The highest BCUT2D eigenvalue weighted by atomic mass is 14.6. The minimum Gasteiger partial charge on any atom is -0.328 e. The molecule has 0 aliphatic carbocycles. The maximum atomic E-state index is 5.43. The third kappa shape index (κ3) is 5.70. The summed E-state index contributed by atoms with van der Waals surface area (Å²) in [5, 5.41) is 0. The minimum atomic E-state index is 0.275. The first-order valence-electron chi connectivity index (χ1n) is 2.53. The van der Waals surface area contributed by atoms with Crippen molar-refractivity contribution < 1.29 is 0 Å². The lowest BCUT2D eigenvalue weighted by Crippen LogP contribution is -2.14. The highest BCUT2D eigenvalue weighted by Gasteiger charge is 1.90. The number of hydrogen-bond donors (Lipinski definition) is 1. The molecule has 0 aliphatic rings. The Morgan fingerprint density at radius 3 is 2.29 bits per heavy atom. The molecule has 42 valence electrons. The van der Waals surface area contributed by atoms with Crippen LogP contribution in [0.1, 0.15) is 20.3 Å². The molecule has 0 saturated carbocycles. The van der Waals surface area contributed by atoms with Crippen LogP contribution in [0.25, 0.3) is 0 Å². The van der Waals surface area contributed by atoms with Gasteiger partial charge in [-0.1, -0.05) is 5.57 Å². The molecule has 0 radical (unpaired) electrons. The standard InChI is InChI=1S/C6H13N/c1-5(2)4-6(3)7/h6H,1,4,7H2,2-3H3. The van der Waals surface area contributed by atoms with E-state index in [0.717, 1.165) is 12.0 Å². The fourth-order valence-electron chi connectivity index (χ4n) is 0.550. The van der Waals surface area contributed by atoms with Crippen LogP contribution in [0.2, 0.25) is 0 Å². The van der Waals surface area contributed by atoms with Crippen LogP contribution in [0.3, 0.4) is 0 Å². The highest BCUT2D eigenvalue weighted by Crippen LogP contribution is 1.96. The van der Waals surface area contributed by atoms with Gasteiger partial charge in [0.05, 0.1) is 0 Å². The molecule has 1 atom stereocenters. The third-order valence-corrected chi connectivity index (χ3v) is 0.670. The Morgan fingerprint density at radius 2 is 2.29 bits per heavy atom. The minimum absolute atomic E-state index is 0.275. The molecule has 0 rings (SSSR count). The fourth-order valence-corrected chi connectivity index (χ4v) is 0.550. The molecular formula is C6H13N. The molecule has 0 saturated heterocycles. The van der Waals surface area contributed by atoms with Crippen LogP contribution in [0.4, 0.5) is 0 Å². The zero-order chi connectivity index (χ0) is 5.86. The van der Waals surface area contributed by atoms with Crippen LogP contribution in [-0.4, -0.2) is 6.04 Å². The average molecular weight is 99.2 g/mol. The Hall–Kier alpha value is -0.300. The first-order valence-corrected chi connectivity index (χ1v) is 2.53. The summed E-state index contributed by atoms with van der Waals surface area (Å²) in [6, 6.07) is 0.275. The van der Waals surface area contributed by atoms with Crippen LogP contribution in [0.15, 0.2) is 12.2 Å². The van der Waals surface area contributed by atoms with Crippen LogP contribution < -0.4 is 5.73 Å². The van der Waals surface area contributed by atoms with Crippen molar-refractivity contribution in [2.24, 2.45) is 5.73 Å². The topological polar surface area (TPSA) is 26.0 Å². The second-order valence-electron chi connectivity index (χ2n) is 2.14. The predicted octanol–water partition coefficient (Wildman–Crippen LogP) is 1.30. The Morgan fingerprint density at radius 1 is 1.86 bits per heavy atom. The summed E-state index contributed by atoms with van der Waals surface area (Å²) in [4.78, 5) is 0. The predicted molar refractivity (Wildman–Crippen MR) is 33.1 cm³/mol. The second-order valence-corrected chi connectivity index (χ2v) is 2.14. The van der Waals surface area contributed by atoms with Gasteiger partial charge in [-0.15, -0.1) is 6.58 Å². The smallest absolute Gasteiger partial charge is 0.00474 e. The summed E-state index contributed by atoms with van der Waals surface area (Å²) < 4.78 is 0. The van der Waals surface area contributed by atoms with Gasteiger partial charge in [-0.2, -0.15) is 0 Å². The summed E-state index contributed by atoms with van der Waals surface area (Å²) in [6.07, 6.45) is 0.944. The lowest BCUT2D eigenvalue weighted by Gasteiger charge is -2.00. The van der Waals surface area contributed by atoms with Gasteiger partial charge < -0.3 is 5.73 Å². The van der Waals surface area contributed by atoms with Gasteiger partial charge in [-0.25, -0.2) is 0 Å². The van der Waals surface area contributed by atoms with Crippen molar-refractivity contribution in [3.05, 3.63) is 12.2 Å². The molecule has 1 nitrogen and oxygen atoms in total. The molecule has 0 fully saturated rings. The van der Waals surface area contributed by atoms with Crippen molar-refractivity contribution in [3.63, 3.8) is 0 Å². The first-order chi connectivity index (χ1) is 3.13. The molecule has 7 heavy (non-hydrogen) atoms. The van der Waals surface area contributed by atoms with E-state index in [2.05, 4.69) is 6.58 Å². The Balaban J connectivity index is 3.13. The van der Waals surface area contributed by atoms with E-state index in [1.165, 1.54) is 0 Å². The first kappa shape index (κ1) is 6.70. The third-order valence-electron chi connectivity index (χ3n) is 0.670. The quantitative estimate of drug-likeness (QED) is 0.519. The van der Waals surface area contributed by atoms with Crippen LogP contribution in [0, 0.1) is 0 Å². The highest BCUT2D eigenvalue weighted by molar-refractivity contribution is 4.90. The van der Waals surface area contributed by atoms with Gasteiger partial charge in [-0.05, 0) is 20.3 Å². The van der Waals surface area contributed by atoms with Gasteiger partial charge in [0.25, 0.3) is 0 Å². The van der Waals surface area contributed by atoms with E-state index in [-0.39, 0.29) is 6.04 Å². The summed E-state index contributed by atoms with van der Waals surface area (Å²) in [6.45, 7) is 7.69. The SMILES string of the molecule is C=C(C)CC(C)N. The molecule has 0 heterocycles. The van der Waals surface area contributed by atoms with Crippen LogP contribution in [0.5, 0.6) is 0 Å². The zero-order valence-electron chi connectivity index (χ0n) is 5.07. The summed E-state index contributed by atoms with van der Waals surface area (Å²) in [5.74, 6) is 0. The fraction of sp³-hybridized carbons (Fsp3) is 0.667. The lowest BCUT2D eigenvalue weighted by molar-refractivity contribution is 0.733. The van der Waals surface area contributed by atoms with Gasteiger partial charge in [0.2, 0.25) is 0 Å². The Labute approximate surface area is 45.2 Å². The molecule has 2 N–H and O–H groups in total. The van der Waals surface area contributed by atoms with Gasteiger partial charge in [0, 0.05) is 6.04 Å². The van der Waals surface area contributed by atoms with Crippen LogP contribution in [-0.2, 0) is 0 Å². The largest absolute Gasteiger partial charge is 0.328 e. The molecule has 0 amide bonds. The van der Waals surface area contributed by atoms with Gasteiger partial charge in [0.1, 0.15) is 0 Å². The van der Waals surface area contributed by atoms with Crippen molar-refractivity contribution in [2.45, 2.75) is 26.3 Å². The normalized spacial score (nSPS) is 13.6. The maximum absolute atomic E-state index is 5.43. The summed E-state index contributed by atoms with van der Waals surface area (Å²) in [7, 11) is 0.